The van der Waals surface area contributed by atoms with Crippen molar-refractivity contribution in [1.29, 1.82) is 0 Å². The van der Waals surface area contributed by atoms with E-state index in [1.165, 1.54) is 24.3 Å². The van der Waals surface area contributed by atoms with Crippen molar-refractivity contribution in [3.05, 3.63) is 29.8 Å². The Balaban J connectivity index is 2.72. The zero-order chi connectivity index (χ0) is 13.1. The predicted molar refractivity (Wildman–Crippen MR) is 54.1 cm³/mol. The first-order valence-corrected chi connectivity index (χ1v) is 5.49. The first kappa shape index (κ1) is 13.3. The van der Waals surface area contributed by atoms with E-state index in [0.717, 1.165) is 0 Å². The number of rotatable bonds is 3. The van der Waals surface area contributed by atoms with Crippen LogP contribution in [0, 0.1) is 12.3 Å². The highest BCUT2D eigenvalue weighted by Crippen LogP contribution is 2.24. The number of halogens is 3. The van der Waals surface area contributed by atoms with Gasteiger partial charge in [-0.1, -0.05) is 5.92 Å². The molecule has 1 aromatic rings. The number of terminal acetylenes is 1. The summed E-state index contributed by atoms with van der Waals surface area (Å²) in [5.41, 5.74) is -3.29. The van der Waals surface area contributed by atoms with Gasteiger partial charge in [0.2, 0.25) is 0 Å². The Hall–Kier alpha value is -1.72. The van der Waals surface area contributed by atoms with Gasteiger partial charge in [0.1, 0.15) is 0 Å². The molecule has 0 radical (unpaired) electrons. The van der Waals surface area contributed by atoms with Crippen molar-refractivity contribution >= 4 is 15.8 Å². The summed E-state index contributed by atoms with van der Waals surface area (Å²) in [5, 5.41) is 0. The summed E-state index contributed by atoms with van der Waals surface area (Å²) >= 11 is 0. The molecule has 0 saturated heterocycles. The lowest BCUT2D eigenvalue weighted by atomic mass is 10.2. The van der Waals surface area contributed by atoms with E-state index in [2.05, 4.69) is 10.2 Å². The van der Waals surface area contributed by atoms with Crippen LogP contribution in [0.5, 0.6) is 0 Å². The summed E-state index contributed by atoms with van der Waals surface area (Å²) in [7, 11) is -5.66. The molecule has 0 spiro atoms. The second kappa shape index (κ2) is 4.65. The molecule has 92 valence electrons. The van der Waals surface area contributed by atoms with E-state index in [1.54, 1.807) is 5.48 Å². The number of hydrogen-bond acceptors (Lipinski definition) is 4. The van der Waals surface area contributed by atoms with Gasteiger partial charge in [-0.25, -0.2) is 5.48 Å². The fraction of sp³-hybridized carbons (Fsp3) is 0.111. The molecule has 0 bridgehead atoms. The van der Waals surface area contributed by atoms with Crippen molar-refractivity contribution in [2.45, 2.75) is 5.51 Å². The molecule has 0 aliphatic carbocycles. The molecule has 0 aliphatic heterocycles. The molecule has 17 heavy (non-hydrogen) atoms. The summed E-state index contributed by atoms with van der Waals surface area (Å²) in [4.78, 5) is 0. The van der Waals surface area contributed by atoms with Crippen molar-refractivity contribution in [2.75, 3.05) is 5.48 Å². The Morgan fingerprint density at radius 1 is 1.24 bits per heavy atom. The Kier molecular flexibility index (Phi) is 3.65. The van der Waals surface area contributed by atoms with Crippen molar-refractivity contribution in [3.8, 4) is 12.3 Å². The average molecular weight is 265 g/mol. The molecule has 4 nitrogen and oxygen atoms in total. The first-order valence-electron chi connectivity index (χ1n) is 4.09. The van der Waals surface area contributed by atoms with Crippen molar-refractivity contribution in [1.82, 2.24) is 0 Å². The summed E-state index contributed by atoms with van der Waals surface area (Å²) in [5.74, 6) is 2.28. The number of nitrogens with one attached hydrogen (secondary N) is 1. The second-order valence-corrected chi connectivity index (χ2v) is 4.34. The zero-order valence-electron chi connectivity index (χ0n) is 8.15. The van der Waals surface area contributed by atoms with Gasteiger partial charge >= 0.3 is 15.6 Å². The van der Waals surface area contributed by atoms with Crippen LogP contribution >= 0.6 is 0 Å². The molecule has 0 aliphatic rings. The molecule has 0 unspecified atom stereocenters. The van der Waals surface area contributed by atoms with Gasteiger partial charge in [-0.2, -0.15) is 21.6 Å². The van der Waals surface area contributed by atoms with Crippen LogP contribution in [0.1, 0.15) is 5.56 Å². The van der Waals surface area contributed by atoms with E-state index in [0.29, 0.717) is 5.56 Å². The van der Waals surface area contributed by atoms with E-state index >= 15 is 0 Å². The molecular formula is C9H6F3NO3S. The van der Waals surface area contributed by atoms with E-state index < -0.39 is 15.6 Å². The molecule has 1 N–H and O–H groups in total. The maximum Gasteiger partial charge on any atom is 0.525 e. The highest BCUT2D eigenvalue weighted by molar-refractivity contribution is 7.87. The van der Waals surface area contributed by atoms with E-state index in [-0.39, 0.29) is 5.69 Å². The van der Waals surface area contributed by atoms with Crippen LogP contribution in [-0.4, -0.2) is 13.9 Å². The maximum absolute atomic E-state index is 11.9. The molecule has 1 rings (SSSR count). The lowest BCUT2D eigenvalue weighted by molar-refractivity contribution is -0.0526. The first-order chi connectivity index (χ1) is 7.76. The fourth-order valence-electron chi connectivity index (χ4n) is 0.785. The molecule has 0 atom stereocenters. The summed E-state index contributed by atoms with van der Waals surface area (Å²) in [6.45, 7) is 0. The molecule has 0 amide bonds. The summed E-state index contributed by atoms with van der Waals surface area (Å²) < 4.78 is 60.2. The van der Waals surface area contributed by atoms with Gasteiger partial charge in [0, 0.05) is 5.56 Å². The number of anilines is 1. The third kappa shape index (κ3) is 3.37. The zero-order valence-corrected chi connectivity index (χ0v) is 8.97. The highest BCUT2D eigenvalue weighted by atomic mass is 32.2. The van der Waals surface area contributed by atoms with E-state index in [1.807, 2.05) is 0 Å². The van der Waals surface area contributed by atoms with Gasteiger partial charge < -0.3 is 0 Å². The number of hydrogen-bond donors (Lipinski definition) is 1. The van der Waals surface area contributed by atoms with Gasteiger partial charge in [-0.15, -0.1) is 10.7 Å². The molecule has 8 heteroatoms. The third-order valence-electron chi connectivity index (χ3n) is 1.60. The van der Waals surface area contributed by atoms with E-state index in [4.69, 9.17) is 6.42 Å². The largest absolute Gasteiger partial charge is 0.525 e. The molecular weight excluding hydrogens is 259 g/mol. The SMILES string of the molecule is C#Cc1ccc(NOS(=O)(=O)C(F)(F)F)cc1. The molecule has 1 aromatic carbocycles. The number of benzene rings is 1. The van der Waals surface area contributed by atoms with Crippen molar-refractivity contribution < 1.29 is 25.9 Å². The van der Waals surface area contributed by atoms with Crippen LogP contribution in [0.3, 0.4) is 0 Å². The quantitative estimate of drug-likeness (QED) is 0.515. The normalized spacial score (nSPS) is 11.9. The average Bonchev–Trinajstić information content (AvgIpc) is 2.25. The van der Waals surface area contributed by atoms with E-state index in [9.17, 15) is 21.6 Å². The van der Waals surface area contributed by atoms with Crippen LogP contribution in [0.4, 0.5) is 18.9 Å². The second-order valence-electron chi connectivity index (χ2n) is 2.81. The standard InChI is InChI=1S/C9H6F3NO3S/c1-2-7-3-5-8(6-4-7)13-16-17(14,15)9(10,11)12/h1,3-6,13H. The molecule has 0 fully saturated rings. The Morgan fingerprint density at radius 2 is 1.76 bits per heavy atom. The Morgan fingerprint density at radius 3 is 2.18 bits per heavy atom. The van der Waals surface area contributed by atoms with Gasteiger partial charge in [0.25, 0.3) is 0 Å². The minimum Gasteiger partial charge on any atom is -0.249 e. The van der Waals surface area contributed by atoms with Gasteiger partial charge in [0.05, 0.1) is 5.69 Å². The van der Waals surface area contributed by atoms with Crippen molar-refractivity contribution in [3.63, 3.8) is 0 Å². The molecule has 0 heterocycles. The van der Waals surface area contributed by atoms with Gasteiger partial charge in [-0.05, 0) is 24.3 Å². The highest BCUT2D eigenvalue weighted by Gasteiger charge is 2.48. The van der Waals surface area contributed by atoms with Gasteiger partial charge in [0.15, 0.2) is 0 Å². The van der Waals surface area contributed by atoms with Crippen LogP contribution in [0.25, 0.3) is 0 Å². The topological polar surface area (TPSA) is 55.4 Å². The molecule has 0 saturated carbocycles. The lowest BCUT2D eigenvalue weighted by Crippen LogP contribution is -2.27. The van der Waals surface area contributed by atoms with Crippen LogP contribution in [-0.2, 0) is 14.4 Å². The van der Waals surface area contributed by atoms with Crippen molar-refractivity contribution in [2.24, 2.45) is 0 Å². The summed E-state index contributed by atoms with van der Waals surface area (Å²) in [6.07, 6.45) is 5.05. The van der Waals surface area contributed by atoms with Crippen LogP contribution in [0.15, 0.2) is 24.3 Å². The Bertz CT molecular complexity index is 528. The minimum atomic E-state index is -5.66. The molecule has 0 aromatic heterocycles. The summed E-state index contributed by atoms with van der Waals surface area (Å²) in [6, 6.07) is 5.37. The fourth-order valence-corrected chi connectivity index (χ4v) is 1.09. The van der Waals surface area contributed by atoms with Gasteiger partial charge in [-0.3, -0.25) is 0 Å². The minimum absolute atomic E-state index is 0.0248. The predicted octanol–water partition coefficient (Wildman–Crippen LogP) is 1.86. The number of alkyl halides is 3. The maximum atomic E-state index is 11.9. The van der Waals surface area contributed by atoms with Crippen LogP contribution in [0.2, 0.25) is 0 Å². The Labute approximate surface area is 95.5 Å². The lowest BCUT2D eigenvalue weighted by Gasteiger charge is -2.09. The third-order valence-corrected chi connectivity index (χ3v) is 2.47. The van der Waals surface area contributed by atoms with Crippen LogP contribution < -0.4 is 5.48 Å². The smallest absolute Gasteiger partial charge is 0.249 e. The monoisotopic (exact) mass is 265 g/mol.